The van der Waals surface area contributed by atoms with Crippen LogP contribution in [0, 0.1) is 0 Å². The third kappa shape index (κ3) is 1.71. The molecule has 1 unspecified atom stereocenters. The fraction of sp³-hybridized carbons (Fsp3) is 0.727. The summed E-state index contributed by atoms with van der Waals surface area (Å²) in [4.78, 5) is 0. The Kier molecular flexibility index (Phi) is 2.23. The maximum atomic E-state index is 6.05. The largest absolute Gasteiger partial charge is 0.377 e. The van der Waals surface area contributed by atoms with Gasteiger partial charge in [0.1, 0.15) is 0 Å². The van der Waals surface area contributed by atoms with Crippen molar-refractivity contribution >= 4 is 7.28 Å². The molecule has 1 aromatic heterocycles. The lowest BCUT2D eigenvalue weighted by atomic mass is 9.47. The van der Waals surface area contributed by atoms with Gasteiger partial charge in [-0.15, -0.1) is 0 Å². The van der Waals surface area contributed by atoms with Gasteiger partial charge in [-0.2, -0.15) is 5.10 Å². The van der Waals surface area contributed by atoms with Crippen molar-refractivity contribution in [2.24, 2.45) is 7.05 Å². The average Bonchev–Trinajstić information content (AvgIpc) is 2.56. The molecule has 0 aromatic carbocycles. The number of ether oxygens (including phenoxy) is 1. The Bertz CT molecular complexity index is 354. The average molecular weight is 205 g/mol. The van der Waals surface area contributed by atoms with Crippen molar-refractivity contribution in [3.63, 3.8) is 0 Å². The third-order valence-corrected chi connectivity index (χ3v) is 3.59. The van der Waals surface area contributed by atoms with Gasteiger partial charge in [-0.3, -0.25) is 4.68 Å². The summed E-state index contributed by atoms with van der Waals surface area (Å²) in [5, 5.41) is 4.26. The highest BCUT2D eigenvalue weighted by atomic mass is 16.5. The molecule has 1 aromatic rings. The van der Waals surface area contributed by atoms with Gasteiger partial charge in [0.25, 0.3) is 0 Å². The molecule has 4 heteroatoms. The Hall–Kier alpha value is -0.765. The topological polar surface area (TPSA) is 27.1 Å². The molecular formula is C11H18BN2O. The van der Waals surface area contributed by atoms with Gasteiger partial charge in [0.2, 0.25) is 0 Å². The van der Waals surface area contributed by atoms with E-state index in [0.29, 0.717) is 0 Å². The van der Waals surface area contributed by atoms with E-state index >= 15 is 0 Å². The Labute approximate surface area is 92.1 Å². The van der Waals surface area contributed by atoms with Gasteiger partial charge in [0.05, 0.1) is 17.8 Å². The SMILES string of the molecule is Cn1cc(C2[B]C(C)(C)C(C)(C)O2)cn1. The summed E-state index contributed by atoms with van der Waals surface area (Å²) >= 11 is 0. The van der Waals surface area contributed by atoms with Crippen molar-refractivity contribution in [3.8, 4) is 0 Å². The summed E-state index contributed by atoms with van der Waals surface area (Å²) in [5.74, 6) is 0. The zero-order chi connectivity index (χ0) is 11.3. The number of aryl methyl sites for hydroxylation is 1. The predicted molar refractivity (Wildman–Crippen MR) is 60.9 cm³/mol. The van der Waals surface area contributed by atoms with Gasteiger partial charge in [-0.25, -0.2) is 0 Å². The highest BCUT2D eigenvalue weighted by molar-refractivity contribution is 6.43. The number of rotatable bonds is 1. The fourth-order valence-electron chi connectivity index (χ4n) is 1.83. The molecule has 0 amide bonds. The van der Waals surface area contributed by atoms with Gasteiger partial charge >= 0.3 is 0 Å². The summed E-state index contributed by atoms with van der Waals surface area (Å²) in [5.41, 5.74) is 1.02. The molecule has 15 heavy (non-hydrogen) atoms. The Morgan fingerprint density at radius 1 is 1.40 bits per heavy atom. The lowest BCUT2D eigenvalue weighted by molar-refractivity contribution is -0.0343. The molecule has 1 aliphatic heterocycles. The summed E-state index contributed by atoms with van der Waals surface area (Å²) < 4.78 is 7.86. The standard InChI is InChI=1S/C11H18BN2O/c1-10(2)11(3,4)15-9(12-10)8-6-13-14(5)7-8/h6-7,9H,1-5H3. The van der Waals surface area contributed by atoms with E-state index < -0.39 is 0 Å². The molecular weight excluding hydrogens is 187 g/mol. The second kappa shape index (κ2) is 3.11. The van der Waals surface area contributed by atoms with E-state index in [1.807, 2.05) is 24.1 Å². The van der Waals surface area contributed by atoms with Crippen LogP contribution in [-0.4, -0.2) is 22.7 Å². The second-order valence-corrected chi connectivity index (χ2v) is 5.38. The van der Waals surface area contributed by atoms with Crippen molar-refractivity contribution in [1.29, 1.82) is 0 Å². The summed E-state index contributed by atoms with van der Waals surface area (Å²) in [6.45, 7) is 8.70. The first kappa shape index (κ1) is 10.7. The first-order valence-electron chi connectivity index (χ1n) is 5.34. The fourth-order valence-corrected chi connectivity index (χ4v) is 1.83. The van der Waals surface area contributed by atoms with Crippen LogP contribution >= 0.6 is 0 Å². The Morgan fingerprint density at radius 3 is 2.47 bits per heavy atom. The zero-order valence-corrected chi connectivity index (χ0v) is 10.1. The maximum absolute atomic E-state index is 6.05. The molecule has 1 fully saturated rings. The molecule has 0 saturated carbocycles. The van der Waals surface area contributed by atoms with Crippen LogP contribution in [0.5, 0.6) is 0 Å². The van der Waals surface area contributed by atoms with Crippen LogP contribution in [0.25, 0.3) is 0 Å². The van der Waals surface area contributed by atoms with Gasteiger partial charge < -0.3 is 4.74 Å². The van der Waals surface area contributed by atoms with Crippen LogP contribution in [0.3, 0.4) is 0 Å². The van der Waals surface area contributed by atoms with Crippen molar-refractivity contribution in [2.75, 3.05) is 0 Å². The molecule has 3 nitrogen and oxygen atoms in total. The van der Waals surface area contributed by atoms with Crippen molar-refractivity contribution in [3.05, 3.63) is 18.0 Å². The van der Waals surface area contributed by atoms with Crippen molar-refractivity contribution < 1.29 is 4.74 Å². The molecule has 1 atom stereocenters. The van der Waals surface area contributed by atoms with Gasteiger partial charge in [0.15, 0.2) is 7.28 Å². The highest BCUT2D eigenvalue weighted by Crippen LogP contribution is 2.50. The molecule has 81 valence electrons. The lowest BCUT2D eigenvalue weighted by Crippen LogP contribution is -2.31. The van der Waals surface area contributed by atoms with E-state index in [-0.39, 0.29) is 16.9 Å². The van der Waals surface area contributed by atoms with Crippen molar-refractivity contribution in [2.45, 2.75) is 44.6 Å². The molecule has 2 rings (SSSR count). The number of hydrogen-bond donors (Lipinski definition) is 0. The predicted octanol–water partition coefficient (Wildman–Crippen LogP) is 2.13. The molecule has 0 N–H and O–H groups in total. The van der Waals surface area contributed by atoms with E-state index in [1.54, 1.807) is 0 Å². The molecule has 1 saturated heterocycles. The third-order valence-electron chi connectivity index (χ3n) is 3.59. The van der Waals surface area contributed by atoms with Crippen LogP contribution in [0.4, 0.5) is 0 Å². The zero-order valence-electron chi connectivity index (χ0n) is 10.1. The van der Waals surface area contributed by atoms with Crippen LogP contribution in [-0.2, 0) is 11.8 Å². The summed E-state index contributed by atoms with van der Waals surface area (Å²) in [6.07, 6.45) is 3.89. The van der Waals surface area contributed by atoms with E-state index in [0.717, 1.165) is 5.56 Å². The molecule has 2 heterocycles. The molecule has 0 bridgehead atoms. The van der Waals surface area contributed by atoms with Crippen LogP contribution in [0.15, 0.2) is 12.4 Å². The number of aromatic nitrogens is 2. The van der Waals surface area contributed by atoms with Crippen LogP contribution in [0.1, 0.15) is 39.3 Å². The van der Waals surface area contributed by atoms with Crippen LogP contribution in [0.2, 0.25) is 5.31 Å². The lowest BCUT2D eigenvalue weighted by Gasteiger charge is -2.33. The maximum Gasteiger partial charge on any atom is 0.166 e. The second-order valence-electron chi connectivity index (χ2n) is 5.38. The summed E-state index contributed by atoms with van der Waals surface area (Å²) in [6, 6.07) is 0.0729. The minimum Gasteiger partial charge on any atom is -0.377 e. The minimum atomic E-state index is -0.118. The Balaban J connectivity index is 2.23. The van der Waals surface area contributed by atoms with E-state index in [4.69, 9.17) is 4.74 Å². The molecule has 0 spiro atoms. The monoisotopic (exact) mass is 205 g/mol. The van der Waals surface area contributed by atoms with Gasteiger partial charge in [-0.1, -0.05) is 13.8 Å². The van der Waals surface area contributed by atoms with Gasteiger partial charge in [0, 0.05) is 18.8 Å². The van der Waals surface area contributed by atoms with Gasteiger partial charge in [-0.05, 0) is 19.2 Å². The van der Waals surface area contributed by atoms with E-state index in [1.165, 1.54) is 0 Å². The molecule has 1 aliphatic rings. The first-order valence-corrected chi connectivity index (χ1v) is 5.34. The normalized spacial score (nSPS) is 27.7. The van der Waals surface area contributed by atoms with Crippen molar-refractivity contribution in [1.82, 2.24) is 9.78 Å². The Morgan fingerprint density at radius 2 is 2.07 bits per heavy atom. The quantitative estimate of drug-likeness (QED) is 0.656. The number of nitrogens with zero attached hydrogens (tertiary/aromatic N) is 2. The molecule has 0 aliphatic carbocycles. The van der Waals surface area contributed by atoms with E-state index in [2.05, 4.69) is 40.1 Å². The summed E-state index contributed by atoms with van der Waals surface area (Å²) in [7, 11) is 4.19. The smallest absolute Gasteiger partial charge is 0.166 e. The van der Waals surface area contributed by atoms with E-state index in [9.17, 15) is 0 Å². The minimum absolute atomic E-state index is 0.0729. The highest BCUT2D eigenvalue weighted by Gasteiger charge is 2.48. The molecule has 1 radical (unpaired) electrons. The first-order chi connectivity index (χ1) is 6.82. The van der Waals surface area contributed by atoms with Crippen LogP contribution < -0.4 is 0 Å². The number of hydrogen-bond acceptors (Lipinski definition) is 2.